The molecule has 0 unspecified atom stereocenters. The van der Waals surface area contributed by atoms with Crippen LogP contribution in [0.3, 0.4) is 0 Å². The van der Waals surface area contributed by atoms with E-state index in [9.17, 15) is 14.9 Å². The van der Waals surface area contributed by atoms with Crippen molar-refractivity contribution in [1.82, 2.24) is 5.01 Å². The first kappa shape index (κ1) is 19.7. The zero-order chi connectivity index (χ0) is 18.0. The summed E-state index contributed by atoms with van der Waals surface area (Å²) in [7, 11) is 1.68. The average Bonchev–Trinajstić information content (AvgIpc) is 2.41. The van der Waals surface area contributed by atoms with E-state index in [-0.39, 0.29) is 16.9 Å². The lowest BCUT2D eigenvalue weighted by Crippen LogP contribution is -2.37. The van der Waals surface area contributed by atoms with E-state index in [0.29, 0.717) is 5.56 Å². The number of alkyl halides is 3. The quantitative estimate of drug-likeness (QED) is 0.343. The van der Waals surface area contributed by atoms with Gasteiger partial charge in [0, 0.05) is 30.3 Å². The highest BCUT2D eigenvalue weighted by Gasteiger charge is 2.36. The fourth-order valence-corrected chi connectivity index (χ4v) is 1.68. The lowest BCUT2D eigenvalue weighted by molar-refractivity contribution is -0.384. The molecule has 23 heavy (non-hydrogen) atoms. The normalized spacial score (nSPS) is 12.9. The molecule has 0 N–H and O–H groups in total. The van der Waals surface area contributed by atoms with Crippen molar-refractivity contribution in [2.24, 2.45) is 5.10 Å². The lowest BCUT2D eigenvalue weighted by Gasteiger charge is -2.30. The summed E-state index contributed by atoms with van der Waals surface area (Å²) in [5.41, 5.74) is -0.251. The molecule has 6 nitrogen and oxygen atoms in total. The highest BCUT2D eigenvalue weighted by molar-refractivity contribution is 6.83. The molecule has 0 amide bonds. The standard InChI is InChI=1S/C14H16Cl3N3O3/c1-13(2,3)19(4)18-11(12(21)14(15,16)17)9-5-7-10(8-6-9)20(22)23/h5-8H,1-4H3/b18-11-. The van der Waals surface area contributed by atoms with Gasteiger partial charge in [-0.2, -0.15) is 5.10 Å². The van der Waals surface area contributed by atoms with Gasteiger partial charge >= 0.3 is 0 Å². The van der Waals surface area contributed by atoms with Crippen molar-refractivity contribution in [2.75, 3.05) is 7.05 Å². The van der Waals surface area contributed by atoms with E-state index in [4.69, 9.17) is 34.8 Å². The molecule has 0 atom stereocenters. The van der Waals surface area contributed by atoms with Crippen LogP contribution in [0.1, 0.15) is 26.3 Å². The number of Topliss-reactive ketones (excluding diaryl/α,β-unsaturated/α-hetero) is 1. The van der Waals surface area contributed by atoms with Gasteiger partial charge in [0.1, 0.15) is 5.71 Å². The highest BCUT2D eigenvalue weighted by Crippen LogP contribution is 2.29. The van der Waals surface area contributed by atoms with Crippen molar-refractivity contribution in [2.45, 2.75) is 30.1 Å². The number of hydrazone groups is 1. The third-order valence-electron chi connectivity index (χ3n) is 3.04. The summed E-state index contributed by atoms with van der Waals surface area (Å²) in [5, 5.41) is 16.5. The Bertz CT molecular complexity index is 631. The summed E-state index contributed by atoms with van der Waals surface area (Å²) in [6.45, 7) is 5.68. The van der Waals surface area contributed by atoms with E-state index >= 15 is 0 Å². The molecular formula is C14H16Cl3N3O3. The van der Waals surface area contributed by atoms with E-state index in [1.54, 1.807) is 12.1 Å². The molecule has 0 radical (unpaired) electrons. The van der Waals surface area contributed by atoms with Crippen molar-refractivity contribution in [3.05, 3.63) is 39.9 Å². The van der Waals surface area contributed by atoms with Gasteiger partial charge in [0.15, 0.2) is 0 Å². The maximum Gasteiger partial charge on any atom is 0.269 e. The van der Waals surface area contributed by atoms with Gasteiger partial charge < -0.3 is 0 Å². The number of ketones is 1. The van der Waals surface area contributed by atoms with Crippen molar-refractivity contribution < 1.29 is 9.72 Å². The Morgan fingerprint density at radius 3 is 2.00 bits per heavy atom. The van der Waals surface area contributed by atoms with E-state index in [1.807, 2.05) is 20.8 Å². The molecule has 9 heteroatoms. The van der Waals surface area contributed by atoms with Crippen molar-refractivity contribution in [3.8, 4) is 0 Å². The number of nitro groups is 1. The van der Waals surface area contributed by atoms with Crippen LogP contribution in [0.25, 0.3) is 0 Å². The van der Waals surface area contributed by atoms with Crippen LogP contribution in [-0.2, 0) is 4.79 Å². The number of nitrogens with zero attached hydrogens (tertiary/aromatic N) is 3. The molecule has 0 saturated heterocycles. The fraction of sp³-hybridized carbons (Fsp3) is 0.429. The predicted octanol–water partition coefficient (Wildman–Crippen LogP) is 3.97. The highest BCUT2D eigenvalue weighted by atomic mass is 35.6. The van der Waals surface area contributed by atoms with Crippen LogP contribution in [0.5, 0.6) is 0 Å². The molecule has 1 aromatic rings. The van der Waals surface area contributed by atoms with Gasteiger partial charge in [0.25, 0.3) is 9.48 Å². The molecule has 0 bridgehead atoms. The first-order chi connectivity index (χ1) is 10.3. The van der Waals surface area contributed by atoms with Gasteiger partial charge in [-0.25, -0.2) is 0 Å². The molecular weight excluding hydrogens is 365 g/mol. The van der Waals surface area contributed by atoms with Crippen LogP contribution in [0.2, 0.25) is 0 Å². The maximum atomic E-state index is 12.4. The second kappa shape index (κ2) is 7.03. The molecule has 0 saturated carbocycles. The van der Waals surface area contributed by atoms with Crippen LogP contribution < -0.4 is 0 Å². The summed E-state index contributed by atoms with van der Waals surface area (Å²) >= 11 is 17.0. The monoisotopic (exact) mass is 379 g/mol. The molecule has 0 fully saturated rings. The zero-order valence-corrected chi connectivity index (χ0v) is 15.3. The second-order valence-electron chi connectivity index (χ2n) is 5.77. The molecule has 1 rings (SSSR count). The maximum absolute atomic E-state index is 12.4. The number of nitro benzene ring substituents is 1. The molecule has 0 aliphatic heterocycles. The van der Waals surface area contributed by atoms with Crippen LogP contribution in [0.15, 0.2) is 29.4 Å². The minimum atomic E-state index is -2.18. The molecule has 0 spiro atoms. The Kier molecular flexibility index (Phi) is 6.01. The first-order valence-electron chi connectivity index (χ1n) is 6.53. The van der Waals surface area contributed by atoms with Crippen molar-refractivity contribution >= 4 is 52.0 Å². The summed E-state index contributed by atoms with van der Waals surface area (Å²) in [6, 6.07) is 5.30. The second-order valence-corrected chi connectivity index (χ2v) is 8.06. The SMILES string of the molecule is CN(/N=C(\C(=O)C(Cl)(Cl)Cl)c1ccc([N+](=O)[O-])cc1)C(C)(C)C. The van der Waals surface area contributed by atoms with E-state index in [2.05, 4.69) is 5.10 Å². The Balaban J connectivity index is 3.38. The smallest absolute Gasteiger partial charge is 0.269 e. The van der Waals surface area contributed by atoms with E-state index in [1.165, 1.54) is 24.3 Å². The Labute approximate surface area is 149 Å². The molecule has 1 aromatic carbocycles. The van der Waals surface area contributed by atoms with Crippen LogP contribution in [0.4, 0.5) is 5.69 Å². The number of non-ortho nitro benzene ring substituents is 1. The molecule has 126 valence electrons. The van der Waals surface area contributed by atoms with Crippen LogP contribution in [-0.4, -0.2) is 37.8 Å². The largest absolute Gasteiger partial charge is 0.294 e. The minimum Gasteiger partial charge on any atom is -0.294 e. The number of benzene rings is 1. The van der Waals surface area contributed by atoms with Gasteiger partial charge in [-0.05, 0) is 32.9 Å². The number of carbonyl (C=O) groups is 1. The topological polar surface area (TPSA) is 75.8 Å². The van der Waals surface area contributed by atoms with Gasteiger partial charge in [-0.1, -0.05) is 34.8 Å². The number of rotatable bonds is 4. The Morgan fingerprint density at radius 1 is 1.17 bits per heavy atom. The van der Waals surface area contributed by atoms with Crippen LogP contribution >= 0.6 is 34.8 Å². The van der Waals surface area contributed by atoms with E-state index < -0.39 is 14.5 Å². The summed E-state index contributed by atoms with van der Waals surface area (Å²) in [6.07, 6.45) is 0. The van der Waals surface area contributed by atoms with Gasteiger partial charge in [-0.3, -0.25) is 19.9 Å². The summed E-state index contributed by atoms with van der Waals surface area (Å²) in [4.78, 5) is 22.5. The Morgan fingerprint density at radius 2 is 1.65 bits per heavy atom. The number of hydrogen-bond acceptors (Lipinski definition) is 5. The first-order valence-corrected chi connectivity index (χ1v) is 7.66. The third-order valence-corrected chi connectivity index (χ3v) is 3.56. The summed E-state index contributed by atoms with van der Waals surface area (Å²) in [5.74, 6) is -0.813. The lowest BCUT2D eigenvalue weighted by atomic mass is 10.1. The molecule has 0 aromatic heterocycles. The zero-order valence-electron chi connectivity index (χ0n) is 13.0. The predicted molar refractivity (Wildman–Crippen MR) is 92.4 cm³/mol. The van der Waals surface area contributed by atoms with E-state index in [0.717, 1.165) is 0 Å². The van der Waals surface area contributed by atoms with Gasteiger partial charge in [0.05, 0.1) is 4.92 Å². The molecule has 0 aliphatic carbocycles. The van der Waals surface area contributed by atoms with Gasteiger partial charge in [0.2, 0.25) is 5.78 Å². The Hall–Kier alpha value is -1.37. The third kappa shape index (κ3) is 5.34. The molecule has 0 aliphatic rings. The number of carbonyl (C=O) groups excluding carboxylic acids is 1. The minimum absolute atomic E-state index is 0.0858. The van der Waals surface area contributed by atoms with Crippen molar-refractivity contribution in [1.29, 1.82) is 0 Å². The van der Waals surface area contributed by atoms with Crippen molar-refractivity contribution in [3.63, 3.8) is 0 Å². The van der Waals surface area contributed by atoms with Crippen LogP contribution in [0, 0.1) is 10.1 Å². The number of hydrogen-bond donors (Lipinski definition) is 0. The summed E-state index contributed by atoms with van der Waals surface area (Å²) < 4.78 is -2.18. The average molecular weight is 381 g/mol. The number of halogens is 3. The van der Waals surface area contributed by atoms with Gasteiger partial charge in [-0.15, -0.1) is 0 Å². The fourth-order valence-electron chi connectivity index (χ4n) is 1.41. The molecule has 0 heterocycles.